The second-order valence-electron chi connectivity index (χ2n) is 6.69. The molecule has 0 bridgehead atoms. The van der Waals surface area contributed by atoms with Crippen LogP contribution in [0.2, 0.25) is 0 Å². The van der Waals surface area contributed by atoms with Crippen molar-refractivity contribution in [2.75, 3.05) is 32.8 Å². The minimum absolute atomic E-state index is 0.196. The van der Waals surface area contributed by atoms with Crippen molar-refractivity contribution in [2.45, 2.75) is 25.9 Å². The van der Waals surface area contributed by atoms with E-state index < -0.39 is 0 Å². The van der Waals surface area contributed by atoms with Crippen LogP contribution >= 0.6 is 0 Å². The summed E-state index contributed by atoms with van der Waals surface area (Å²) in [5, 5.41) is 0. The van der Waals surface area contributed by atoms with E-state index in [0.29, 0.717) is 12.5 Å². The van der Waals surface area contributed by atoms with Gasteiger partial charge in [-0.3, -0.25) is 4.90 Å². The quantitative estimate of drug-likeness (QED) is 0.908. The van der Waals surface area contributed by atoms with Gasteiger partial charge in [0.15, 0.2) is 0 Å². The largest absolute Gasteiger partial charge is 0.493 e. The first kappa shape index (κ1) is 15.4. The Hall–Kier alpha value is -1.52. The molecule has 2 aliphatic rings. The molecule has 0 amide bonds. The summed E-state index contributed by atoms with van der Waals surface area (Å²) in [5.41, 5.74) is 6.53. The van der Waals surface area contributed by atoms with Gasteiger partial charge in [-0.2, -0.15) is 0 Å². The predicted molar refractivity (Wildman–Crippen MR) is 89.3 cm³/mol. The molecule has 1 atom stereocenters. The van der Waals surface area contributed by atoms with Crippen molar-refractivity contribution in [3.63, 3.8) is 0 Å². The highest BCUT2D eigenvalue weighted by Crippen LogP contribution is 2.40. The van der Waals surface area contributed by atoms with E-state index in [2.05, 4.69) is 30.9 Å². The molecule has 0 saturated carbocycles. The van der Waals surface area contributed by atoms with Gasteiger partial charge in [0, 0.05) is 32.6 Å². The third kappa shape index (κ3) is 3.13. The van der Waals surface area contributed by atoms with Crippen LogP contribution in [-0.2, 0) is 0 Å². The van der Waals surface area contributed by atoms with Gasteiger partial charge in [-0.15, -0.1) is 0 Å². The molecule has 2 aliphatic heterocycles. The van der Waals surface area contributed by atoms with E-state index in [9.17, 15) is 0 Å². The molecule has 0 radical (unpaired) electrons. The highest BCUT2D eigenvalue weighted by atomic mass is 16.5. The van der Waals surface area contributed by atoms with Gasteiger partial charge in [-0.05, 0) is 30.2 Å². The molecule has 0 aliphatic carbocycles. The van der Waals surface area contributed by atoms with Crippen LogP contribution in [0.1, 0.15) is 25.8 Å². The summed E-state index contributed by atoms with van der Waals surface area (Å²) in [6, 6.07) is 6.06. The third-order valence-electron chi connectivity index (χ3n) is 4.25. The first-order valence-corrected chi connectivity index (χ1v) is 8.18. The zero-order valence-corrected chi connectivity index (χ0v) is 13.5. The summed E-state index contributed by atoms with van der Waals surface area (Å²) in [6.45, 7) is 8.62. The monoisotopic (exact) mass is 302 g/mol. The van der Waals surface area contributed by atoms with Gasteiger partial charge in [-0.1, -0.05) is 19.9 Å². The highest BCUT2D eigenvalue weighted by molar-refractivity contribution is 5.67. The lowest BCUT2D eigenvalue weighted by Gasteiger charge is -2.32. The number of ether oxygens (including phenoxy) is 2. The van der Waals surface area contributed by atoms with Crippen molar-refractivity contribution in [3.05, 3.63) is 29.8 Å². The first-order chi connectivity index (χ1) is 10.6. The number of hydrogen-bond donors (Lipinski definition) is 1. The molecule has 1 unspecified atom stereocenters. The van der Waals surface area contributed by atoms with E-state index in [-0.39, 0.29) is 5.60 Å². The van der Waals surface area contributed by atoms with Crippen LogP contribution in [0, 0.1) is 5.92 Å². The second kappa shape index (κ2) is 6.31. The van der Waals surface area contributed by atoms with Crippen LogP contribution in [0.4, 0.5) is 0 Å². The molecule has 0 aromatic heterocycles. The van der Waals surface area contributed by atoms with Gasteiger partial charge in [0.25, 0.3) is 0 Å². The van der Waals surface area contributed by atoms with Crippen molar-refractivity contribution in [1.29, 1.82) is 0 Å². The van der Waals surface area contributed by atoms with Crippen LogP contribution in [0.3, 0.4) is 0 Å². The van der Waals surface area contributed by atoms with Gasteiger partial charge < -0.3 is 15.2 Å². The van der Waals surface area contributed by atoms with Gasteiger partial charge >= 0.3 is 0 Å². The molecule has 2 heterocycles. The van der Waals surface area contributed by atoms with Crippen molar-refractivity contribution < 1.29 is 9.47 Å². The molecule has 120 valence electrons. The summed E-state index contributed by atoms with van der Waals surface area (Å²) in [6.07, 6.45) is 5.38. The summed E-state index contributed by atoms with van der Waals surface area (Å²) >= 11 is 0. The smallest absolute Gasteiger partial charge is 0.141 e. The van der Waals surface area contributed by atoms with Crippen molar-refractivity contribution in [1.82, 2.24) is 4.90 Å². The van der Waals surface area contributed by atoms with Crippen LogP contribution in [-0.4, -0.2) is 43.3 Å². The molecule has 4 heteroatoms. The molecule has 1 fully saturated rings. The van der Waals surface area contributed by atoms with Crippen molar-refractivity contribution in [2.24, 2.45) is 11.7 Å². The number of likely N-dealkylation sites (tertiary alicyclic amines) is 1. The molecule has 1 spiro atoms. The number of benzene rings is 1. The zero-order chi connectivity index (χ0) is 15.6. The molecule has 4 nitrogen and oxygen atoms in total. The average Bonchev–Trinajstić information content (AvgIpc) is 2.87. The SMILES string of the molecule is CC(C)COc1cccc2c1C=CC1(CCN(CCN)C1)O2. The fraction of sp³-hybridized carbons (Fsp3) is 0.556. The van der Waals surface area contributed by atoms with Crippen LogP contribution in [0.5, 0.6) is 11.5 Å². The molecular formula is C18H26N2O2. The van der Waals surface area contributed by atoms with Gasteiger partial charge in [0.2, 0.25) is 0 Å². The average molecular weight is 302 g/mol. The van der Waals surface area contributed by atoms with Crippen LogP contribution < -0.4 is 15.2 Å². The van der Waals surface area contributed by atoms with Gasteiger partial charge in [0.05, 0.1) is 12.2 Å². The molecule has 22 heavy (non-hydrogen) atoms. The highest BCUT2D eigenvalue weighted by Gasteiger charge is 2.40. The molecule has 1 aromatic carbocycles. The molecule has 1 saturated heterocycles. The standard InChI is InChI=1S/C18H26N2O2/c1-14(2)12-21-16-4-3-5-17-15(16)6-7-18(22-17)8-10-20(13-18)11-9-19/h3-7,14H,8-13,19H2,1-2H3. The number of nitrogens with zero attached hydrogens (tertiary/aromatic N) is 1. The molecule has 2 N–H and O–H groups in total. The molecule has 3 rings (SSSR count). The summed E-state index contributed by atoms with van der Waals surface area (Å²) in [7, 11) is 0. The molecule has 1 aromatic rings. The maximum absolute atomic E-state index is 6.36. The van der Waals surface area contributed by atoms with E-state index in [0.717, 1.165) is 49.7 Å². The van der Waals surface area contributed by atoms with Gasteiger partial charge in [0.1, 0.15) is 17.1 Å². The normalized spacial score (nSPS) is 23.8. The summed E-state index contributed by atoms with van der Waals surface area (Å²) in [4.78, 5) is 2.37. The number of fused-ring (bicyclic) bond motifs is 1. The van der Waals surface area contributed by atoms with E-state index in [1.807, 2.05) is 18.2 Å². The van der Waals surface area contributed by atoms with Gasteiger partial charge in [-0.25, -0.2) is 0 Å². The Balaban J connectivity index is 1.77. The van der Waals surface area contributed by atoms with Crippen molar-refractivity contribution >= 4 is 6.08 Å². The Bertz CT molecular complexity index is 556. The minimum atomic E-state index is -0.196. The van der Waals surface area contributed by atoms with E-state index >= 15 is 0 Å². The van der Waals surface area contributed by atoms with E-state index in [4.69, 9.17) is 15.2 Å². The lowest BCUT2D eigenvalue weighted by atomic mass is 9.97. The first-order valence-electron chi connectivity index (χ1n) is 8.18. The Labute approximate surface area is 132 Å². The summed E-state index contributed by atoms with van der Waals surface area (Å²) in [5.74, 6) is 2.35. The van der Waals surface area contributed by atoms with Crippen LogP contribution in [0.15, 0.2) is 24.3 Å². The zero-order valence-electron chi connectivity index (χ0n) is 13.5. The third-order valence-corrected chi connectivity index (χ3v) is 4.25. The maximum Gasteiger partial charge on any atom is 0.141 e. The Morgan fingerprint density at radius 3 is 3.05 bits per heavy atom. The van der Waals surface area contributed by atoms with E-state index in [1.54, 1.807) is 0 Å². The summed E-state index contributed by atoms with van der Waals surface area (Å²) < 4.78 is 12.3. The Morgan fingerprint density at radius 2 is 2.27 bits per heavy atom. The fourth-order valence-electron chi connectivity index (χ4n) is 3.12. The Kier molecular flexibility index (Phi) is 4.41. The predicted octanol–water partition coefficient (Wildman–Crippen LogP) is 2.53. The number of rotatable bonds is 5. The topological polar surface area (TPSA) is 47.7 Å². The Morgan fingerprint density at radius 1 is 1.41 bits per heavy atom. The lowest BCUT2D eigenvalue weighted by Crippen LogP contribution is -2.39. The number of nitrogens with two attached hydrogens (primary N) is 1. The maximum atomic E-state index is 6.36. The fourth-order valence-corrected chi connectivity index (χ4v) is 3.12. The van der Waals surface area contributed by atoms with E-state index in [1.165, 1.54) is 0 Å². The number of hydrogen-bond acceptors (Lipinski definition) is 4. The van der Waals surface area contributed by atoms with Crippen LogP contribution in [0.25, 0.3) is 6.08 Å². The lowest BCUT2D eigenvalue weighted by molar-refractivity contribution is 0.122. The molecular weight excluding hydrogens is 276 g/mol. The minimum Gasteiger partial charge on any atom is -0.493 e. The van der Waals surface area contributed by atoms with Crippen molar-refractivity contribution in [3.8, 4) is 11.5 Å². The second-order valence-corrected chi connectivity index (χ2v) is 6.69.